The highest BCUT2D eigenvalue weighted by molar-refractivity contribution is 7.89. The van der Waals surface area contributed by atoms with Crippen LogP contribution in [0.2, 0.25) is 0 Å². The highest BCUT2D eigenvalue weighted by atomic mass is 32.2. The van der Waals surface area contributed by atoms with Gasteiger partial charge in [0.15, 0.2) is 0 Å². The molecule has 1 atom stereocenters. The fourth-order valence-electron chi connectivity index (χ4n) is 3.08. The Hall–Kier alpha value is -2.29. The van der Waals surface area contributed by atoms with Crippen molar-refractivity contribution in [3.8, 4) is 11.1 Å². The lowest BCUT2D eigenvalue weighted by molar-refractivity contribution is 0.420. The van der Waals surface area contributed by atoms with Crippen molar-refractivity contribution in [2.24, 2.45) is 5.73 Å². The van der Waals surface area contributed by atoms with E-state index in [1.165, 1.54) is 10.6 Å². The zero-order valence-electron chi connectivity index (χ0n) is 12.8. The highest BCUT2D eigenvalue weighted by Crippen LogP contribution is 2.34. The summed E-state index contributed by atoms with van der Waals surface area (Å²) in [6.07, 6.45) is 6.98. The fourth-order valence-corrected chi connectivity index (χ4v) is 4.83. The second-order valence-corrected chi connectivity index (χ2v) is 7.77. The molecule has 2 N–H and O–H groups in total. The number of fused-ring (bicyclic) bond motifs is 1. The van der Waals surface area contributed by atoms with Gasteiger partial charge in [0.05, 0.1) is 11.1 Å². The van der Waals surface area contributed by atoms with Crippen molar-refractivity contribution in [1.82, 2.24) is 14.4 Å². The fraction of sp³-hybridized carbons (Fsp3) is 0.250. The average Bonchev–Trinajstić information content (AvgIpc) is 3.25. The van der Waals surface area contributed by atoms with Gasteiger partial charge < -0.3 is 10.3 Å². The van der Waals surface area contributed by atoms with E-state index >= 15 is 0 Å². The maximum atomic E-state index is 13.1. The number of aromatic nitrogens is 2. The molecule has 1 saturated heterocycles. The van der Waals surface area contributed by atoms with Crippen LogP contribution < -0.4 is 5.73 Å². The second kappa shape index (κ2) is 5.66. The molecule has 0 saturated carbocycles. The largest absolute Gasteiger partial charge is 0.364 e. The molecule has 0 aliphatic carbocycles. The van der Waals surface area contributed by atoms with E-state index in [0.717, 1.165) is 5.39 Å². The molecule has 24 heavy (non-hydrogen) atoms. The summed E-state index contributed by atoms with van der Waals surface area (Å²) in [4.78, 5) is 4.46. The molecule has 0 bridgehead atoms. The van der Waals surface area contributed by atoms with Crippen LogP contribution in [0.5, 0.6) is 0 Å². The summed E-state index contributed by atoms with van der Waals surface area (Å²) in [6.45, 7) is 0.778. The van der Waals surface area contributed by atoms with Gasteiger partial charge in [-0.1, -0.05) is 17.3 Å². The molecule has 1 aliphatic rings. The standard InChI is InChI=1S/C16H16N4O3S/c17-13-4-5-20(9-13)24(21,22)15-3-1-2-11-6-18-8-14(16(11)15)12-7-19-23-10-12/h1-3,6-8,10,13H,4-5,9,17H2/t13-/m0/s1. The number of rotatable bonds is 3. The first kappa shape index (κ1) is 15.3. The third-order valence-corrected chi connectivity index (χ3v) is 6.20. The van der Waals surface area contributed by atoms with Gasteiger partial charge in [0, 0.05) is 53.4 Å². The Bertz CT molecular complexity index is 980. The monoisotopic (exact) mass is 344 g/mol. The van der Waals surface area contributed by atoms with E-state index in [1.54, 1.807) is 30.7 Å². The molecule has 1 fully saturated rings. The van der Waals surface area contributed by atoms with Gasteiger partial charge >= 0.3 is 0 Å². The number of hydrogen-bond acceptors (Lipinski definition) is 6. The Kier molecular flexibility index (Phi) is 3.60. The summed E-state index contributed by atoms with van der Waals surface area (Å²) >= 11 is 0. The van der Waals surface area contributed by atoms with Gasteiger partial charge in [-0.3, -0.25) is 4.98 Å². The third-order valence-electron chi connectivity index (χ3n) is 4.29. The summed E-state index contributed by atoms with van der Waals surface area (Å²) in [5.41, 5.74) is 7.25. The van der Waals surface area contributed by atoms with Gasteiger partial charge in [-0.15, -0.1) is 0 Å². The van der Waals surface area contributed by atoms with Gasteiger partial charge in [-0.25, -0.2) is 8.42 Å². The Morgan fingerprint density at radius 2 is 2.12 bits per heavy atom. The van der Waals surface area contributed by atoms with E-state index in [-0.39, 0.29) is 10.9 Å². The summed E-state index contributed by atoms with van der Waals surface area (Å²) in [5, 5.41) is 5.08. The number of nitrogens with two attached hydrogens (primary N) is 1. The Labute approximate surface area is 139 Å². The van der Waals surface area contributed by atoms with Crippen molar-refractivity contribution < 1.29 is 12.9 Å². The van der Waals surface area contributed by atoms with Crippen molar-refractivity contribution in [2.75, 3.05) is 13.1 Å². The minimum Gasteiger partial charge on any atom is -0.364 e. The molecule has 3 aromatic rings. The quantitative estimate of drug-likeness (QED) is 0.774. The van der Waals surface area contributed by atoms with Gasteiger partial charge in [0.1, 0.15) is 6.26 Å². The van der Waals surface area contributed by atoms with E-state index in [9.17, 15) is 8.42 Å². The maximum Gasteiger partial charge on any atom is 0.243 e. The van der Waals surface area contributed by atoms with E-state index in [1.807, 2.05) is 6.07 Å². The number of sulfonamides is 1. The molecule has 0 unspecified atom stereocenters. The smallest absolute Gasteiger partial charge is 0.243 e. The number of benzene rings is 1. The van der Waals surface area contributed by atoms with Crippen LogP contribution in [-0.4, -0.2) is 42.0 Å². The number of hydrogen-bond donors (Lipinski definition) is 1. The van der Waals surface area contributed by atoms with Crippen molar-refractivity contribution in [1.29, 1.82) is 0 Å². The van der Waals surface area contributed by atoms with Crippen LogP contribution in [0, 0.1) is 0 Å². The number of pyridine rings is 1. The van der Waals surface area contributed by atoms with Crippen molar-refractivity contribution in [3.63, 3.8) is 0 Å². The van der Waals surface area contributed by atoms with Gasteiger partial charge in [0.2, 0.25) is 10.0 Å². The van der Waals surface area contributed by atoms with Gasteiger partial charge in [0.25, 0.3) is 0 Å². The SMILES string of the molecule is N[C@H]1CCN(S(=O)(=O)c2cccc3cncc(-c4cnoc4)c23)C1. The van der Waals surface area contributed by atoms with E-state index < -0.39 is 10.0 Å². The second-order valence-electron chi connectivity index (χ2n) is 5.87. The van der Waals surface area contributed by atoms with Crippen molar-refractivity contribution in [3.05, 3.63) is 43.1 Å². The lowest BCUT2D eigenvalue weighted by Crippen LogP contribution is -2.32. The van der Waals surface area contributed by atoms with Crippen LogP contribution in [0.25, 0.3) is 21.9 Å². The zero-order chi connectivity index (χ0) is 16.7. The van der Waals surface area contributed by atoms with Crippen LogP contribution in [0.15, 0.2) is 52.5 Å². The zero-order valence-corrected chi connectivity index (χ0v) is 13.6. The molecule has 0 amide bonds. The molecule has 1 aliphatic heterocycles. The minimum atomic E-state index is -3.64. The average molecular weight is 344 g/mol. The van der Waals surface area contributed by atoms with Crippen molar-refractivity contribution in [2.45, 2.75) is 17.4 Å². The Morgan fingerprint density at radius 3 is 2.83 bits per heavy atom. The lowest BCUT2D eigenvalue weighted by atomic mass is 10.0. The van der Waals surface area contributed by atoms with Crippen LogP contribution in [0.4, 0.5) is 0 Å². The summed E-state index contributed by atoms with van der Waals surface area (Å²) in [7, 11) is -3.64. The summed E-state index contributed by atoms with van der Waals surface area (Å²) < 4.78 is 32.6. The van der Waals surface area contributed by atoms with Crippen LogP contribution in [-0.2, 0) is 10.0 Å². The van der Waals surface area contributed by atoms with Crippen LogP contribution in [0.1, 0.15) is 6.42 Å². The number of nitrogens with zero attached hydrogens (tertiary/aromatic N) is 3. The first-order valence-corrected chi connectivity index (χ1v) is 9.03. The predicted octanol–water partition coefficient (Wildman–Crippen LogP) is 1.61. The highest BCUT2D eigenvalue weighted by Gasteiger charge is 2.32. The normalized spacial score (nSPS) is 19.1. The van der Waals surface area contributed by atoms with Crippen LogP contribution in [0.3, 0.4) is 0 Å². The predicted molar refractivity (Wildman–Crippen MR) is 88.6 cm³/mol. The molecule has 8 heteroatoms. The molecular formula is C16H16N4O3S. The van der Waals surface area contributed by atoms with E-state index in [0.29, 0.717) is 36.0 Å². The molecule has 2 aromatic heterocycles. The molecule has 1 aromatic carbocycles. The third kappa shape index (κ3) is 2.39. The van der Waals surface area contributed by atoms with E-state index in [4.69, 9.17) is 10.3 Å². The lowest BCUT2D eigenvalue weighted by Gasteiger charge is -2.18. The Balaban J connectivity index is 1.96. The first-order chi connectivity index (χ1) is 11.6. The summed E-state index contributed by atoms with van der Waals surface area (Å²) in [5.74, 6) is 0. The molecule has 4 rings (SSSR count). The van der Waals surface area contributed by atoms with Gasteiger partial charge in [-0.05, 0) is 12.5 Å². The van der Waals surface area contributed by atoms with Crippen molar-refractivity contribution >= 4 is 20.8 Å². The maximum absolute atomic E-state index is 13.1. The first-order valence-electron chi connectivity index (χ1n) is 7.59. The molecule has 0 radical (unpaired) electrons. The molecule has 0 spiro atoms. The molecule has 7 nitrogen and oxygen atoms in total. The Morgan fingerprint density at radius 1 is 1.25 bits per heavy atom. The van der Waals surface area contributed by atoms with Gasteiger partial charge in [-0.2, -0.15) is 4.31 Å². The van der Waals surface area contributed by atoms with Crippen LogP contribution >= 0.6 is 0 Å². The summed E-state index contributed by atoms with van der Waals surface area (Å²) in [6, 6.07) is 5.07. The molecule has 124 valence electrons. The molecule has 3 heterocycles. The molecular weight excluding hydrogens is 328 g/mol. The minimum absolute atomic E-state index is 0.117. The van der Waals surface area contributed by atoms with E-state index in [2.05, 4.69) is 10.1 Å². The topological polar surface area (TPSA) is 102 Å².